The maximum Gasteiger partial charge on any atom is 0.165 e. The third-order valence-corrected chi connectivity index (χ3v) is 7.36. The molecule has 8 atom stereocenters. The highest BCUT2D eigenvalue weighted by Crippen LogP contribution is 2.62. The Morgan fingerprint density at radius 1 is 1.19 bits per heavy atom. The number of aliphatic hydroxyl groups is 3. The molecule has 0 radical (unpaired) electrons. The summed E-state index contributed by atoms with van der Waals surface area (Å²) in [5.74, 6) is -3.05. The van der Waals surface area contributed by atoms with Gasteiger partial charge in [0.2, 0.25) is 0 Å². The highest BCUT2D eigenvalue weighted by atomic mass is 16.3. The van der Waals surface area contributed by atoms with Crippen LogP contribution in [0.2, 0.25) is 0 Å². The lowest BCUT2D eigenvalue weighted by atomic mass is 9.41. The molecular weight excluding hydrogens is 336 g/mol. The SMILES string of the molecule is C=C(C=O)[C@@H]1C[C@H](O)[C@@H]2[C@@H](C1)C(=O)[C@@H](O)[C@@H]1C(C)(C)CC[C@H](O)[C@@]21C=O. The van der Waals surface area contributed by atoms with Crippen molar-refractivity contribution in [2.24, 2.45) is 34.5 Å². The van der Waals surface area contributed by atoms with Crippen LogP contribution in [0.4, 0.5) is 0 Å². The van der Waals surface area contributed by atoms with Gasteiger partial charge in [-0.05, 0) is 42.6 Å². The Balaban J connectivity index is 2.12. The second-order valence-electron chi connectivity index (χ2n) is 9.05. The summed E-state index contributed by atoms with van der Waals surface area (Å²) >= 11 is 0. The standard InChI is InChI=1S/C20H28O6/c1-10(8-21)11-6-12-15(13(23)7-11)20(9-22)14(24)4-5-19(2,3)18(20)17(26)16(12)25/h8-9,11-15,17-18,23-24,26H,1,4-7H2,2-3H3/t11-,12+,13-,14-,15-,17+,18+,20-/m0/s1. The van der Waals surface area contributed by atoms with E-state index >= 15 is 0 Å². The molecule has 0 saturated heterocycles. The number of ketones is 1. The second kappa shape index (κ2) is 6.36. The molecule has 0 bridgehead atoms. The van der Waals surface area contributed by atoms with Crippen molar-refractivity contribution in [3.05, 3.63) is 12.2 Å². The molecule has 0 aromatic carbocycles. The highest BCUT2D eigenvalue weighted by molar-refractivity contribution is 5.90. The molecule has 0 amide bonds. The number of carbonyl (C=O) groups is 3. The number of allylic oxidation sites excluding steroid dienone is 1. The Morgan fingerprint density at radius 2 is 1.85 bits per heavy atom. The fourth-order valence-electron chi connectivity index (χ4n) is 6.17. The van der Waals surface area contributed by atoms with Gasteiger partial charge in [0.15, 0.2) is 5.78 Å². The molecule has 0 heterocycles. The van der Waals surface area contributed by atoms with Gasteiger partial charge in [0.05, 0.1) is 17.6 Å². The number of Topliss-reactive ketones (excluding diaryl/α,β-unsaturated/α-hetero) is 1. The van der Waals surface area contributed by atoms with E-state index in [0.29, 0.717) is 31.0 Å². The summed E-state index contributed by atoms with van der Waals surface area (Å²) < 4.78 is 0. The van der Waals surface area contributed by atoms with Gasteiger partial charge in [-0.15, -0.1) is 0 Å². The van der Waals surface area contributed by atoms with Gasteiger partial charge in [0.1, 0.15) is 18.7 Å². The molecule has 3 saturated carbocycles. The van der Waals surface area contributed by atoms with Crippen molar-refractivity contribution in [2.75, 3.05) is 0 Å². The Kier molecular flexibility index (Phi) is 4.74. The molecule has 26 heavy (non-hydrogen) atoms. The zero-order valence-electron chi connectivity index (χ0n) is 15.3. The summed E-state index contributed by atoms with van der Waals surface area (Å²) in [7, 11) is 0. The van der Waals surface area contributed by atoms with E-state index in [-0.39, 0.29) is 18.8 Å². The van der Waals surface area contributed by atoms with Gasteiger partial charge >= 0.3 is 0 Å². The normalized spacial score (nSPS) is 47.4. The van der Waals surface area contributed by atoms with E-state index in [0.717, 1.165) is 0 Å². The van der Waals surface area contributed by atoms with Crippen LogP contribution < -0.4 is 0 Å². The summed E-state index contributed by atoms with van der Waals surface area (Å²) in [6.07, 6.45) is -0.686. The minimum Gasteiger partial charge on any atom is -0.393 e. The summed E-state index contributed by atoms with van der Waals surface area (Å²) in [4.78, 5) is 36.5. The Morgan fingerprint density at radius 3 is 2.42 bits per heavy atom. The maximum atomic E-state index is 13.0. The first-order chi connectivity index (χ1) is 12.1. The van der Waals surface area contributed by atoms with Gasteiger partial charge < -0.3 is 20.1 Å². The summed E-state index contributed by atoms with van der Waals surface area (Å²) in [5, 5.41) is 32.6. The molecule has 3 fully saturated rings. The largest absolute Gasteiger partial charge is 0.393 e. The zero-order valence-corrected chi connectivity index (χ0v) is 15.3. The molecule has 0 aromatic rings. The van der Waals surface area contributed by atoms with Crippen LogP contribution in [0.15, 0.2) is 12.2 Å². The lowest BCUT2D eigenvalue weighted by molar-refractivity contribution is -0.224. The molecule has 6 nitrogen and oxygen atoms in total. The van der Waals surface area contributed by atoms with Crippen molar-refractivity contribution in [3.63, 3.8) is 0 Å². The van der Waals surface area contributed by atoms with Gasteiger partial charge in [0.25, 0.3) is 0 Å². The van der Waals surface area contributed by atoms with Crippen LogP contribution in [0, 0.1) is 34.5 Å². The predicted molar refractivity (Wildman–Crippen MR) is 92.9 cm³/mol. The van der Waals surface area contributed by atoms with Crippen LogP contribution in [-0.2, 0) is 14.4 Å². The zero-order chi connectivity index (χ0) is 19.4. The fourth-order valence-corrected chi connectivity index (χ4v) is 6.17. The average Bonchev–Trinajstić information content (AvgIpc) is 2.60. The number of hydrogen-bond acceptors (Lipinski definition) is 6. The molecule has 3 aliphatic rings. The topological polar surface area (TPSA) is 112 Å². The van der Waals surface area contributed by atoms with Crippen molar-refractivity contribution < 1.29 is 29.7 Å². The van der Waals surface area contributed by atoms with Crippen LogP contribution >= 0.6 is 0 Å². The summed E-state index contributed by atoms with van der Waals surface area (Å²) in [5.41, 5.74) is -1.59. The van der Waals surface area contributed by atoms with E-state index in [1.807, 2.05) is 13.8 Å². The molecular formula is C20H28O6. The van der Waals surface area contributed by atoms with E-state index in [1.165, 1.54) is 0 Å². The Hall–Kier alpha value is -1.37. The van der Waals surface area contributed by atoms with E-state index < -0.39 is 52.7 Å². The van der Waals surface area contributed by atoms with Gasteiger partial charge in [-0.3, -0.25) is 9.59 Å². The third-order valence-electron chi connectivity index (χ3n) is 7.36. The van der Waals surface area contributed by atoms with Crippen LogP contribution in [0.3, 0.4) is 0 Å². The molecule has 144 valence electrons. The van der Waals surface area contributed by atoms with Crippen LogP contribution in [0.1, 0.15) is 39.5 Å². The lowest BCUT2D eigenvalue weighted by Crippen LogP contribution is -2.70. The minimum absolute atomic E-state index is 0.220. The fraction of sp³-hybridized carbons (Fsp3) is 0.750. The number of fused-ring (bicyclic) bond motifs is 3. The maximum absolute atomic E-state index is 13.0. The van der Waals surface area contributed by atoms with Crippen molar-refractivity contribution in [2.45, 2.75) is 57.8 Å². The monoisotopic (exact) mass is 364 g/mol. The van der Waals surface area contributed by atoms with Gasteiger partial charge in [0, 0.05) is 17.8 Å². The lowest BCUT2D eigenvalue weighted by Gasteiger charge is -2.62. The molecule has 0 unspecified atom stereocenters. The average molecular weight is 364 g/mol. The van der Waals surface area contributed by atoms with Crippen molar-refractivity contribution >= 4 is 18.4 Å². The number of rotatable bonds is 3. The van der Waals surface area contributed by atoms with Gasteiger partial charge in [-0.25, -0.2) is 0 Å². The molecule has 3 N–H and O–H groups in total. The first kappa shape index (κ1) is 19.4. The first-order valence-electron chi connectivity index (χ1n) is 9.30. The quantitative estimate of drug-likeness (QED) is 0.501. The molecule has 0 spiro atoms. The number of carbonyl (C=O) groups excluding carboxylic acids is 3. The second-order valence-corrected chi connectivity index (χ2v) is 9.05. The molecule has 0 aliphatic heterocycles. The molecule has 3 rings (SSSR count). The van der Waals surface area contributed by atoms with Gasteiger partial charge in [-0.2, -0.15) is 0 Å². The van der Waals surface area contributed by atoms with Crippen molar-refractivity contribution in [1.29, 1.82) is 0 Å². The van der Waals surface area contributed by atoms with Crippen molar-refractivity contribution in [1.82, 2.24) is 0 Å². The minimum atomic E-state index is -1.37. The van der Waals surface area contributed by atoms with E-state index in [2.05, 4.69) is 6.58 Å². The number of aldehydes is 2. The number of aliphatic hydroxyl groups excluding tert-OH is 3. The molecule has 0 aromatic heterocycles. The third kappa shape index (κ3) is 2.46. The summed E-state index contributed by atoms with van der Waals surface area (Å²) in [6.45, 7) is 7.49. The van der Waals surface area contributed by atoms with E-state index in [4.69, 9.17) is 0 Å². The van der Waals surface area contributed by atoms with Crippen LogP contribution in [0.5, 0.6) is 0 Å². The van der Waals surface area contributed by atoms with Crippen LogP contribution in [0.25, 0.3) is 0 Å². The van der Waals surface area contributed by atoms with E-state index in [1.54, 1.807) is 0 Å². The molecule has 3 aliphatic carbocycles. The Bertz CT molecular complexity index is 640. The van der Waals surface area contributed by atoms with Crippen molar-refractivity contribution in [3.8, 4) is 0 Å². The number of hydrogen-bond donors (Lipinski definition) is 3. The van der Waals surface area contributed by atoms with E-state index in [9.17, 15) is 29.7 Å². The Labute approximate surface area is 153 Å². The van der Waals surface area contributed by atoms with Crippen LogP contribution in [-0.4, -0.2) is 52.0 Å². The summed E-state index contributed by atoms with van der Waals surface area (Å²) in [6, 6.07) is 0. The predicted octanol–water partition coefficient (Wildman–Crippen LogP) is 0.671. The first-order valence-corrected chi connectivity index (χ1v) is 9.30. The van der Waals surface area contributed by atoms with Gasteiger partial charge in [-0.1, -0.05) is 20.4 Å². The smallest absolute Gasteiger partial charge is 0.165 e. The highest BCUT2D eigenvalue weighted by Gasteiger charge is 2.69. The molecule has 6 heteroatoms.